The number of anilines is 3. The second kappa shape index (κ2) is 12.6. The van der Waals surface area contributed by atoms with Crippen molar-refractivity contribution in [1.29, 1.82) is 0 Å². The summed E-state index contributed by atoms with van der Waals surface area (Å²) >= 11 is 6.85. The smallest absolute Gasteiger partial charge is 0.258 e. The predicted molar refractivity (Wildman–Crippen MR) is 152 cm³/mol. The predicted octanol–water partition coefficient (Wildman–Crippen LogP) is 4.46. The first-order chi connectivity index (χ1) is 19.1. The second-order valence-corrected chi connectivity index (χ2v) is 10.1. The summed E-state index contributed by atoms with van der Waals surface area (Å²) < 4.78 is 19.0. The first-order valence-electron chi connectivity index (χ1n) is 12.0. The van der Waals surface area contributed by atoms with Crippen LogP contribution in [-0.4, -0.2) is 35.2 Å². The highest BCUT2D eigenvalue weighted by Crippen LogP contribution is 2.36. The maximum Gasteiger partial charge on any atom is 0.258 e. The molecule has 12 heteroatoms. The molecule has 40 heavy (non-hydrogen) atoms. The molecule has 9 nitrogen and oxygen atoms in total. The van der Waals surface area contributed by atoms with E-state index in [2.05, 4.69) is 10.3 Å². The van der Waals surface area contributed by atoms with E-state index >= 15 is 0 Å². The van der Waals surface area contributed by atoms with Crippen LogP contribution in [-0.2, 0) is 16.1 Å². The van der Waals surface area contributed by atoms with Gasteiger partial charge in [0.1, 0.15) is 28.3 Å². The van der Waals surface area contributed by atoms with Gasteiger partial charge >= 0.3 is 0 Å². The Balaban J connectivity index is 1.42. The molecule has 0 aliphatic rings. The molecule has 3 aromatic carbocycles. The summed E-state index contributed by atoms with van der Waals surface area (Å²) in [6.07, 6.45) is 0. The third kappa shape index (κ3) is 6.93. The fourth-order valence-electron chi connectivity index (χ4n) is 3.65. The number of carbonyl (C=O) groups excluding carboxylic acids is 3. The summed E-state index contributed by atoms with van der Waals surface area (Å²) in [4.78, 5) is 43.3. The van der Waals surface area contributed by atoms with Gasteiger partial charge in [0.15, 0.2) is 11.7 Å². The third-order valence-electron chi connectivity index (χ3n) is 5.85. The lowest BCUT2D eigenvalue weighted by atomic mass is 10.1. The monoisotopic (exact) mass is 581 g/mol. The molecule has 206 valence electrons. The number of hydrogen-bond donors (Lipinski definition) is 3. The van der Waals surface area contributed by atoms with E-state index in [1.54, 1.807) is 43.3 Å². The van der Waals surface area contributed by atoms with Crippen LogP contribution in [0.4, 0.5) is 21.0 Å². The molecule has 0 bridgehead atoms. The van der Waals surface area contributed by atoms with E-state index in [4.69, 9.17) is 27.8 Å². The Morgan fingerprint density at radius 3 is 2.33 bits per heavy atom. The van der Waals surface area contributed by atoms with Crippen molar-refractivity contribution in [2.75, 3.05) is 17.2 Å². The van der Waals surface area contributed by atoms with Crippen molar-refractivity contribution in [3.05, 3.63) is 99.6 Å². The fourth-order valence-corrected chi connectivity index (χ4v) is 4.83. The summed E-state index contributed by atoms with van der Waals surface area (Å²) in [6.45, 7) is 1.70. The van der Waals surface area contributed by atoms with E-state index < -0.39 is 17.8 Å². The van der Waals surface area contributed by atoms with Gasteiger partial charge in [-0.15, -0.1) is 0 Å². The minimum Gasteiger partial charge on any atom is -0.484 e. The van der Waals surface area contributed by atoms with Crippen molar-refractivity contribution in [2.24, 2.45) is 5.73 Å². The van der Waals surface area contributed by atoms with Gasteiger partial charge in [-0.1, -0.05) is 35.1 Å². The molecule has 1 atom stereocenters. The Morgan fingerprint density at radius 1 is 1.05 bits per heavy atom. The summed E-state index contributed by atoms with van der Waals surface area (Å²) in [6, 6.07) is 17.9. The van der Waals surface area contributed by atoms with Gasteiger partial charge in [0.05, 0.1) is 0 Å². The molecule has 0 aliphatic carbocycles. The molecule has 2 amide bonds. The number of primary amides is 1. The van der Waals surface area contributed by atoms with Gasteiger partial charge in [0.2, 0.25) is 11.7 Å². The van der Waals surface area contributed by atoms with E-state index in [-0.39, 0.29) is 34.1 Å². The molecule has 1 unspecified atom stereocenters. The van der Waals surface area contributed by atoms with E-state index in [9.17, 15) is 18.8 Å². The quantitative estimate of drug-likeness (QED) is 0.222. The number of nitrogens with two attached hydrogens (primary N) is 2. The number of benzene rings is 3. The summed E-state index contributed by atoms with van der Waals surface area (Å²) in [5, 5.41) is 3.62. The highest BCUT2D eigenvalue weighted by molar-refractivity contribution is 7.18. The average Bonchev–Trinajstić information content (AvgIpc) is 3.33. The van der Waals surface area contributed by atoms with Gasteiger partial charge in [-0.2, -0.15) is 0 Å². The molecular weight excluding hydrogens is 557 g/mol. The standard InChI is InChI=1S/C28H25ClFN5O4S/c1-16(27(32)38)35(21-10-8-20(30)9-11-21)28-34-26(31)25(40-28)24(37)18-4-12-22(13-5-18)39-15-23(36)33-14-17-2-6-19(29)7-3-17/h2-13,16H,14-15,31H2,1H3,(H2,32,38)(H,33,36). The number of nitrogen functional groups attached to an aromatic ring is 1. The molecule has 0 spiro atoms. The van der Waals surface area contributed by atoms with Gasteiger partial charge in [-0.25, -0.2) is 9.37 Å². The maximum absolute atomic E-state index is 13.5. The number of aromatic nitrogens is 1. The van der Waals surface area contributed by atoms with Crippen molar-refractivity contribution >= 4 is 57.2 Å². The van der Waals surface area contributed by atoms with Gasteiger partial charge in [-0.05, 0) is 73.2 Å². The van der Waals surface area contributed by atoms with Crippen LogP contribution in [0.2, 0.25) is 5.02 Å². The molecular formula is C28H25ClFN5O4S. The van der Waals surface area contributed by atoms with Crippen molar-refractivity contribution in [1.82, 2.24) is 10.3 Å². The Kier molecular flexibility index (Phi) is 8.97. The van der Waals surface area contributed by atoms with Crippen LogP contribution < -0.4 is 26.4 Å². The normalized spacial score (nSPS) is 11.5. The van der Waals surface area contributed by atoms with Gasteiger partial charge in [-0.3, -0.25) is 14.4 Å². The number of thiazole rings is 1. The molecule has 0 saturated heterocycles. The van der Waals surface area contributed by atoms with Crippen LogP contribution in [0.1, 0.15) is 27.7 Å². The number of hydrogen-bond acceptors (Lipinski definition) is 8. The van der Waals surface area contributed by atoms with Crippen LogP contribution in [0.3, 0.4) is 0 Å². The van der Waals surface area contributed by atoms with Crippen LogP contribution >= 0.6 is 22.9 Å². The number of carbonyl (C=O) groups is 3. The van der Waals surface area contributed by atoms with Crippen LogP contribution in [0.15, 0.2) is 72.8 Å². The van der Waals surface area contributed by atoms with Crippen LogP contribution in [0.5, 0.6) is 5.75 Å². The van der Waals surface area contributed by atoms with Crippen molar-refractivity contribution in [2.45, 2.75) is 19.5 Å². The highest BCUT2D eigenvalue weighted by atomic mass is 35.5. The molecule has 0 aliphatic heterocycles. The van der Waals surface area contributed by atoms with Crippen molar-refractivity contribution in [3.8, 4) is 5.75 Å². The Morgan fingerprint density at radius 2 is 1.70 bits per heavy atom. The lowest BCUT2D eigenvalue weighted by molar-refractivity contribution is -0.123. The van der Waals surface area contributed by atoms with E-state index in [0.29, 0.717) is 28.6 Å². The van der Waals surface area contributed by atoms with Crippen LogP contribution in [0.25, 0.3) is 0 Å². The number of ketones is 1. The van der Waals surface area contributed by atoms with E-state index in [0.717, 1.165) is 16.9 Å². The summed E-state index contributed by atoms with van der Waals surface area (Å²) in [7, 11) is 0. The third-order valence-corrected chi connectivity index (χ3v) is 7.17. The van der Waals surface area contributed by atoms with Gasteiger partial charge in [0, 0.05) is 22.8 Å². The molecule has 0 radical (unpaired) electrons. The number of halogens is 2. The molecule has 0 fully saturated rings. The minimum atomic E-state index is -0.848. The minimum absolute atomic E-state index is 0.0218. The molecule has 4 rings (SSSR count). The lowest BCUT2D eigenvalue weighted by Crippen LogP contribution is -2.39. The topological polar surface area (TPSA) is 141 Å². The Bertz CT molecular complexity index is 1510. The zero-order chi connectivity index (χ0) is 28.8. The number of rotatable bonds is 11. The number of amides is 2. The lowest BCUT2D eigenvalue weighted by Gasteiger charge is -2.26. The molecule has 4 aromatic rings. The zero-order valence-corrected chi connectivity index (χ0v) is 22.8. The average molecular weight is 582 g/mol. The van der Waals surface area contributed by atoms with Gasteiger partial charge in [0.25, 0.3) is 5.91 Å². The first-order valence-corrected chi connectivity index (χ1v) is 13.2. The first kappa shape index (κ1) is 28.5. The van der Waals surface area contributed by atoms with Crippen molar-refractivity contribution in [3.63, 3.8) is 0 Å². The summed E-state index contributed by atoms with van der Waals surface area (Å²) in [5.74, 6) is -1.41. The van der Waals surface area contributed by atoms with E-state index in [1.165, 1.54) is 29.2 Å². The summed E-state index contributed by atoms with van der Waals surface area (Å²) in [5.41, 5.74) is 13.3. The highest BCUT2D eigenvalue weighted by Gasteiger charge is 2.27. The number of nitrogens with zero attached hydrogens (tertiary/aromatic N) is 2. The molecule has 1 aromatic heterocycles. The number of nitrogens with one attached hydrogen (secondary N) is 1. The van der Waals surface area contributed by atoms with Gasteiger partial charge < -0.3 is 26.4 Å². The SMILES string of the molecule is CC(C(N)=O)N(c1ccc(F)cc1)c1nc(N)c(C(=O)c2ccc(OCC(=O)NCc3ccc(Cl)cc3)cc2)s1. The molecule has 0 saturated carbocycles. The molecule has 1 heterocycles. The van der Waals surface area contributed by atoms with Crippen molar-refractivity contribution < 1.29 is 23.5 Å². The molecule has 5 N–H and O–H groups in total. The zero-order valence-electron chi connectivity index (χ0n) is 21.3. The largest absolute Gasteiger partial charge is 0.484 e. The second-order valence-electron chi connectivity index (χ2n) is 8.68. The fraction of sp³-hybridized carbons (Fsp3) is 0.143. The Labute approximate surface area is 238 Å². The Hall–Kier alpha value is -4.48. The number of ether oxygens (including phenoxy) is 1. The van der Waals surface area contributed by atoms with Crippen LogP contribution in [0, 0.1) is 5.82 Å². The van der Waals surface area contributed by atoms with E-state index in [1.807, 2.05) is 12.1 Å². The maximum atomic E-state index is 13.5.